The summed E-state index contributed by atoms with van der Waals surface area (Å²) in [6.07, 6.45) is 11.7. The molecule has 0 aromatic heterocycles. The summed E-state index contributed by atoms with van der Waals surface area (Å²) in [4.78, 5) is 20.3. The lowest BCUT2D eigenvalue weighted by atomic mass is 9.99. The second-order valence-corrected chi connectivity index (χ2v) is 10.3. The highest BCUT2D eigenvalue weighted by Crippen LogP contribution is 2.50. The molecule has 0 unspecified atom stereocenters. The predicted molar refractivity (Wildman–Crippen MR) is 123 cm³/mol. The smallest absolute Gasteiger partial charge is 0.320 e. The Morgan fingerprint density at radius 3 is 2.53 bits per heavy atom. The van der Waals surface area contributed by atoms with E-state index in [1.165, 1.54) is 38.5 Å². The number of hydrogen-bond acceptors (Lipinski definition) is 8. The molecule has 9 heteroatoms. The van der Waals surface area contributed by atoms with Gasteiger partial charge in [-0.25, -0.2) is 0 Å². The number of esters is 1. The van der Waals surface area contributed by atoms with E-state index >= 15 is 0 Å². The standard InChI is InChI=1S/C20H35NO4S2.CH2O2/c1-3-4-5-6-7-8-9-11-16-18(25-17(22)14-21)19(23-2)20(15-24-16)26-12-10-13-27-20;2-1-3/h9,11,16,18-19H,3-8,10,12-15,21H2,1-2H3;1H,(H,2,3)/b11-9+;/t16-,18+,19+;/m0./s1. The van der Waals surface area contributed by atoms with Crippen molar-refractivity contribution in [3.8, 4) is 0 Å². The van der Waals surface area contributed by atoms with Crippen molar-refractivity contribution in [2.75, 3.05) is 31.8 Å². The first-order valence-corrected chi connectivity index (χ1v) is 12.6. The maximum atomic E-state index is 11.9. The van der Waals surface area contributed by atoms with Crippen LogP contribution in [0, 0.1) is 0 Å². The van der Waals surface area contributed by atoms with Crippen LogP contribution in [0.15, 0.2) is 12.2 Å². The van der Waals surface area contributed by atoms with Gasteiger partial charge in [0.05, 0.1) is 13.2 Å². The molecule has 174 valence electrons. The number of hydrogen-bond donors (Lipinski definition) is 2. The van der Waals surface area contributed by atoms with E-state index in [9.17, 15) is 4.79 Å². The van der Waals surface area contributed by atoms with Gasteiger partial charge in [-0.3, -0.25) is 9.59 Å². The number of thioether (sulfide) groups is 2. The fourth-order valence-electron chi connectivity index (χ4n) is 3.55. The van der Waals surface area contributed by atoms with E-state index in [0.717, 1.165) is 17.9 Å². The Hall–Kier alpha value is -0.740. The van der Waals surface area contributed by atoms with Crippen molar-refractivity contribution in [1.82, 2.24) is 0 Å². The largest absolute Gasteiger partial charge is 0.483 e. The van der Waals surface area contributed by atoms with E-state index in [4.69, 9.17) is 29.8 Å². The van der Waals surface area contributed by atoms with Crippen molar-refractivity contribution < 1.29 is 28.9 Å². The molecule has 1 spiro atoms. The summed E-state index contributed by atoms with van der Waals surface area (Å²) < 4.78 is 17.5. The summed E-state index contributed by atoms with van der Waals surface area (Å²) in [7, 11) is 1.70. The molecule has 2 fully saturated rings. The van der Waals surface area contributed by atoms with Crippen molar-refractivity contribution in [3.63, 3.8) is 0 Å². The van der Waals surface area contributed by atoms with Crippen molar-refractivity contribution in [2.24, 2.45) is 5.73 Å². The number of rotatable bonds is 10. The molecule has 0 radical (unpaired) electrons. The van der Waals surface area contributed by atoms with Crippen LogP contribution in [0.5, 0.6) is 0 Å². The Labute approximate surface area is 188 Å². The molecule has 7 nitrogen and oxygen atoms in total. The lowest BCUT2D eigenvalue weighted by Crippen LogP contribution is -2.60. The van der Waals surface area contributed by atoms with Crippen LogP contribution in [-0.4, -0.2) is 71.7 Å². The number of carboxylic acid groups (broad SMARTS) is 1. The van der Waals surface area contributed by atoms with Gasteiger partial charge in [0, 0.05) is 7.11 Å². The van der Waals surface area contributed by atoms with Gasteiger partial charge in [0.2, 0.25) is 0 Å². The second-order valence-electron chi connectivity index (χ2n) is 7.19. The Morgan fingerprint density at radius 1 is 1.27 bits per heavy atom. The van der Waals surface area contributed by atoms with Crippen LogP contribution in [0.25, 0.3) is 0 Å². The van der Waals surface area contributed by atoms with E-state index in [1.807, 2.05) is 29.6 Å². The van der Waals surface area contributed by atoms with Crippen molar-refractivity contribution in [1.29, 1.82) is 0 Å². The van der Waals surface area contributed by atoms with Gasteiger partial charge in [-0.1, -0.05) is 44.8 Å². The molecule has 0 bridgehead atoms. The van der Waals surface area contributed by atoms with Crippen LogP contribution in [0.1, 0.15) is 51.9 Å². The van der Waals surface area contributed by atoms with Crippen LogP contribution >= 0.6 is 23.5 Å². The van der Waals surface area contributed by atoms with E-state index in [1.54, 1.807) is 7.11 Å². The number of unbranched alkanes of at least 4 members (excludes halogenated alkanes) is 5. The highest BCUT2D eigenvalue weighted by Gasteiger charge is 2.53. The third-order valence-electron chi connectivity index (χ3n) is 5.00. The molecule has 2 rings (SSSR count). The molecule has 3 atom stereocenters. The highest BCUT2D eigenvalue weighted by atomic mass is 32.2. The first kappa shape index (κ1) is 27.3. The molecular weight excluding hydrogens is 426 g/mol. The number of ether oxygens (including phenoxy) is 3. The summed E-state index contributed by atoms with van der Waals surface area (Å²) in [6, 6.07) is 0. The molecule has 30 heavy (non-hydrogen) atoms. The molecule has 3 N–H and O–H groups in total. The molecule has 2 aliphatic rings. The molecule has 0 aliphatic carbocycles. The fraction of sp³-hybridized carbons (Fsp3) is 0.810. The molecule has 2 saturated heterocycles. The highest BCUT2D eigenvalue weighted by molar-refractivity contribution is 8.18. The third kappa shape index (κ3) is 8.78. The second kappa shape index (κ2) is 16.0. The summed E-state index contributed by atoms with van der Waals surface area (Å²) >= 11 is 3.73. The molecule has 0 aromatic rings. The quantitative estimate of drug-likeness (QED) is 0.218. The summed E-state index contributed by atoms with van der Waals surface area (Å²) in [5, 5.41) is 6.89. The SMILES string of the molecule is CCCCCCC/C=C/[C@@H]1OCC2(SCCCS2)[C@H](OC)[C@@H]1OC(=O)CN.O=CO. The van der Waals surface area contributed by atoms with E-state index < -0.39 is 12.1 Å². The number of carbonyl (C=O) groups is 2. The lowest BCUT2D eigenvalue weighted by Gasteiger charge is -2.49. The van der Waals surface area contributed by atoms with Crippen LogP contribution in [-0.2, 0) is 23.8 Å². The zero-order valence-electron chi connectivity index (χ0n) is 18.1. The van der Waals surface area contributed by atoms with E-state index in [2.05, 4.69) is 13.0 Å². The first-order valence-electron chi connectivity index (χ1n) is 10.6. The van der Waals surface area contributed by atoms with Crippen molar-refractivity contribution in [2.45, 2.75) is 74.3 Å². The normalized spacial score (nSPS) is 25.5. The predicted octanol–water partition coefficient (Wildman–Crippen LogP) is 3.45. The summed E-state index contributed by atoms with van der Waals surface area (Å²) in [5.74, 6) is 1.74. The lowest BCUT2D eigenvalue weighted by molar-refractivity contribution is -0.178. The average molecular weight is 464 g/mol. The summed E-state index contributed by atoms with van der Waals surface area (Å²) in [6.45, 7) is 2.45. The minimum absolute atomic E-state index is 0.131. The van der Waals surface area contributed by atoms with Crippen LogP contribution in [0.2, 0.25) is 0 Å². The zero-order valence-corrected chi connectivity index (χ0v) is 19.8. The molecule has 2 heterocycles. The molecule has 0 saturated carbocycles. The minimum atomic E-state index is -0.464. The number of methoxy groups -OCH3 is 1. The van der Waals surface area contributed by atoms with Crippen molar-refractivity contribution >= 4 is 36.0 Å². The average Bonchev–Trinajstić information content (AvgIpc) is 2.76. The molecule has 0 amide bonds. The van der Waals surface area contributed by atoms with Crippen LogP contribution in [0.3, 0.4) is 0 Å². The van der Waals surface area contributed by atoms with E-state index in [-0.39, 0.29) is 29.3 Å². The Bertz CT molecular complexity index is 514. The maximum absolute atomic E-state index is 11.9. The number of carbonyl (C=O) groups excluding carboxylic acids is 1. The van der Waals surface area contributed by atoms with Gasteiger partial charge in [-0.15, -0.1) is 23.5 Å². The van der Waals surface area contributed by atoms with Gasteiger partial charge >= 0.3 is 5.97 Å². The first-order chi connectivity index (χ1) is 14.6. The van der Waals surface area contributed by atoms with Gasteiger partial charge in [-0.2, -0.15) is 0 Å². The molecule has 2 aliphatic heterocycles. The minimum Gasteiger partial charge on any atom is -0.483 e. The maximum Gasteiger partial charge on any atom is 0.320 e. The molecule has 0 aromatic carbocycles. The topological polar surface area (TPSA) is 108 Å². The Kier molecular flexibility index (Phi) is 14.5. The molecular formula is C21H37NO6S2. The van der Waals surface area contributed by atoms with Crippen LogP contribution < -0.4 is 5.73 Å². The number of allylic oxidation sites excluding steroid dienone is 1. The monoisotopic (exact) mass is 463 g/mol. The van der Waals surface area contributed by atoms with Gasteiger partial charge in [0.1, 0.15) is 16.3 Å². The van der Waals surface area contributed by atoms with Gasteiger partial charge in [0.15, 0.2) is 6.10 Å². The van der Waals surface area contributed by atoms with Gasteiger partial charge < -0.3 is 25.1 Å². The Morgan fingerprint density at radius 2 is 1.93 bits per heavy atom. The van der Waals surface area contributed by atoms with Crippen molar-refractivity contribution in [3.05, 3.63) is 12.2 Å². The Balaban J connectivity index is 0.00000141. The summed E-state index contributed by atoms with van der Waals surface area (Å²) in [5.41, 5.74) is 5.49. The van der Waals surface area contributed by atoms with Gasteiger partial charge in [-0.05, 0) is 30.8 Å². The number of nitrogens with two attached hydrogens (primary N) is 1. The zero-order chi connectivity index (χ0) is 22.2. The third-order valence-corrected chi connectivity index (χ3v) is 8.37. The van der Waals surface area contributed by atoms with Gasteiger partial charge in [0.25, 0.3) is 6.47 Å². The fourth-order valence-corrected chi connectivity index (χ4v) is 6.93. The van der Waals surface area contributed by atoms with E-state index in [0.29, 0.717) is 6.61 Å². The van der Waals surface area contributed by atoms with Crippen LogP contribution in [0.4, 0.5) is 0 Å².